The van der Waals surface area contributed by atoms with Crippen molar-refractivity contribution >= 4 is 17.3 Å². The summed E-state index contributed by atoms with van der Waals surface area (Å²) in [4.78, 5) is 16.5. The van der Waals surface area contributed by atoms with Gasteiger partial charge in [0.1, 0.15) is 11.4 Å². The average molecular weight is 299 g/mol. The van der Waals surface area contributed by atoms with Crippen LogP contribution in [0.2, 0.25) is 0 Å². The summed E-state index contributed by atoms with van der Waals surface area (Å²) < 4.78 is 5.23. The van der Waals surface area contributed by atoms with Gasteiger partial charge in [0.25, 0.3) is 5.91 Å². The molecule has 0 saturated carbocycles. The number of pyridine rings is 1. The maximum absolute atomic E-state index is 12.3. The summed E-state index contributed by atoms with van der Waals surface area (Å²) in [5.74, 6) is 0.349. The number of para-hydroxylation sites is 2. The first-order valence-electron chi connectivity index (χ1n) is 7.31. The van der Waals surface area contributed by atoms with Gasteiger partial charge in [0.05, 0.1) is 12.8 Å². The number of carbonyl (C=O) groups is 1. The summed E-state index contributed by atoms with van der Waals surface area (Å²) in [6.45, 7) is 4.20. The molecular formula is C17H21N3O2. The fraction of sp³-hybridized carbons (Fsp3) is 0.294. The first-order valence-corrected chi connectivity index (χ1v) is 7.31. The maximum Gasteiger partial charge on any atom is 0.274 e. The summed E-state index contributed by atoms with van der Waals surface area (Å²) >= 11 is 0. The second kappa shape index (κ2) is 7.45. The lowest BCUT2D eigenvalue weighted by Crippen LogP contribution is -2.17. The number of nitrogens with zero attached hydrogens (tertiary/aromatic N) is 1. The van der Waals surface area contributed by atoms with E-state index in [4.69, 9.17) is 4.74 Å². The molecular weight excluding hydrogens is 278 g/mol. The van der Waals surface area contributed by atoms with Crippen molar-refractivity contribution in [1.82, 2.24) is 4.98 Å². The number of amides is 1. The van der Waals surface area contributed by atoms with E-state index in [0.717, 1.165) is 12.1 Å². The Bertz CT molecular complexity index is 643. The third-order valence-corrected chi connectivity index (χ3v) is 3.37. The van der Waals surface area contributed by atoms with Crippen molar-refractivity contribution < 1.29 is 9.53 Å². The highest BCUT2D eigenvalue weighted by Gasteiger charge is 2.11. The zero-order chi connectivity index (χ0) is 15.9. The zero-order valence-corrected chi connectivity index (χ0v) is 13.1. The molecule has 0 spiro atoms. The van der Waals surface area contributed by atoms with E-state index in [9.17, 15) is 4.79 Å². The van der Waals surface area contributed by atoms with Gasteiger partial charge in [0.15, 0.2) is 0 Å². The van der Waals surface area contributed by atoms with Crippen LogP contribution in [0, 0.1) is 0 Å². The summed E-state index contributed by atoms with van der Waals surface area (Å²) in [6.07, 6.45) is 2.63. The van der Waals surface area contributed by atoms with Crippen LogP contribution in [0.1, 0.15) is 30.8 Å². The third-order valence-electron chi connectivity index (χ3n) is 3.37. The molecule has 2 N–H and O–H groups in total. The largest absolute Gasteiger partial charge is 0.495 e. The topological polar surface area (TPSA) is 63.2 Å². The predicted molar refractivity (Wildman–Crippen MR) is 88.6 cm³/mol. The maximum atomic E-state index is 12.3. The Balaban J connectivity index is 2.14. The van der Waals surface area contributed by atoms with Crippen LogP contribution in [0.5, 0.6) is 5.75 Å². The minimum atomic E-state index is -0.266. The fourth-order valence-corrected chi connectivity index (χ4v) is 1.97. The lowest BCUT2D eigenvalue weighted by Gasteiger charge is -2.14. The van der Waals surface area contributed by atoms with Crippen molar-refractivity contribution in [2.24, 2.45) is 0 Å². The molecule has 1 amide bonds. The van der Waals surface area contributed by atoms with Gasteiger partial charge >= 0.3 is 0 Å². The summed E-state index contributed by atoms with van der Waals surface area (Å²) in [5, 5.41) is 6.15. The molecule has 1 aromatic heterocycles. The van der Waals surface area contributed by atoms with Crippen LogP contribution < -0.4 is 15.4 Å². The van der Waals surface area contributed by atoms with Gasteiger partial charge in [-0.2, -0.15) is 0 Å². The van der Waals surface area contributed by atoms with Gasteiger partial charge in [-0.15, -0.1) is 0 Å². The van der Waals surface area contributed by atoms with Crippen LogP contribution in [-0.4, -0.2) is 24.0 Å². The molecule has 1 heterocycles. The smallest absolute Gasteiger partial charge is 0.274 e. The summed E-state index contributed by atoms with van der Waals surface area (Å²) in [5.41, 5.74) is 1.87. The molecule has 5 nitrogen and oxygen atoms in total. The Labute approximate surface area is 130 Å². The number of carbonyl (C=O) groups excluding carboxylic acids is 1. The number of hydrogen-bond acceptors (Lipinski definition) is 4. The highest BCUT2D eigenvalue weighted by molar-refractivity contribution is 6.04. The summed E-state index contributed by atoms with van der Waals surface area (Å²) in [7, 11) is 1.57. The molecule has 2 rings (SSSR count). The quantitative estimate of drug-likeness (QED) is 0.856. The SMILES string of the molecule is CCC(C)Nc1ccnc(C(=O)Nc2ccccc2OC)c1. The number of anilines is 2. The van der Waals surface area contributed by atoms with E-state index in [-0.39, 0.29) is 5.91 Å². The second-order valence-electron chi connectivity index (χ2n) is 5.04. The van der Waals surface area contributed by atoms with E-state index in [0.29, 0.717) is 23.2 Å². The molecule has 0 fully saturated rings. The Kier molecular flexibility index (Phi) is 5.36. The van der Waals surface area contributed by atoms with Gasteiger partial charge < -0.3 is 15.4 Å². The molecule has 1 atom stereocenters. The Morgan fingerprint density at radius 2 is 2.09 bits per heavy atom. The molecule has 5 heteroatoms. The Morgan fingerprint density at radius 3 is 2.82 bits per heavy atom. The molecule has 0 bridgehead atoms. The van der Waals surface area contributed by atoms with Crippen molar-refractivity contribution in [1.29, 1.82) is 0 Å². The van der Waals surface area contributed by atoms with Crippen molar-refractivity contribution in [2.75, 3.05) is 17.7 Å². The Morgan fingerprint density at radius 1 is 1.32 bits per heavy atom. The van der Waals surface area contributed by atoms with Crippen molar-refractivity contribution in [3.8, 4) is 5.75 Å². The van der Waals surface area contributed by atoms with E-state index in [1.54, 1.807) is 31.5 Å². The number of nitrogens with one attached hydrogen (secondary N) is 2. The average Bonchev–Trinajstić information content (AvgIpc) is 2.55. The lowest BCUT2D eigenvalue weighted by atomic mass is 10.2. The van der Waals surface area contributed by atoms with Crippen LogP contribution in [0.3, 0.4) is 0 Å². The number of hydrogen-bond donors (Lipinski definition) is 2. The molecule has 0 radical (unpaired) electrons. The standard InChI is InChI=1S/C17H21N3O2/c1-4-12(2)19-13-9-10-18-15(11-13)17(21)20-14-7-5-6-8-16(14)22-3/h5-12H,4H2,1-3H3,(H,18,19)(H,20,21). The molecule has 1 aromatic carbocycles. The summed E-state index contributed by atoms with van der Waals surface area (Å²) in [6, 6.07) is 11.2. The van der Waals surface area contributed by atoms with Crippen LogP contribution in [-0.2, 0) is 0 Å². The van der Waals surface area contributed by atoms with E-state index in [2.05, 4.69) is 29.5 Å². The molecule has 116 valence electrons. The molecule has 0 saturated heterocycles. The molecule has 0 aliphatic carbocycles. The van der Waals surface area contributed by atoms with Gasteiger partial charge in [0, 0.05) is 17.9 Å². The molecule has 2 aromatic rings. The number of aromatic nitrogens is 1. The van der Waals surface area contributed by atoms with Crippen LogP contribution in [0.25, 0.3) is 0 Å². The van der Waals surface area contributed by atoms with Gasteiger partial charge in [-0.25, -0.2) is 0 Å². The molecule has 22 heavy (non-hydrogen) atoms. The monoisotopic (exact) mass is 299 g/mol. The predicted octanol–water partition coefficient (Wildman–Crippen LogP) is 3.55. The molecule has 0 aliphatic heterocycles. The zero-order valence-electron chi connectivity index (χ0n) is 13.1. The van der Waals surface area contributed by atoms with Crippen LogP contribution in [0.15, 0.2) is 42.6 Å². The molecule has 0 aliphatic rings. The Hall–Kier alpha value is -2.56. The highest BCUT2D eigenvalue weighted by Crippen LogP contribution is 2.23. The van der Waals surface area contributed by atoms with Gasteiger partial charge in [-0.1, -0.05) is 19.1 Å². The highest BCUT2D eigenvalue weighted by atomic mass is 16.5. The van der Waals surface area contributed by atoms with E-state index < -0.39 is 0 Å². The van der Waals surface area contributed by atoms with Crippen molar-refractivity contribution in [3.63, 3.8) is 0 Å². The minimum Gasteiger partial charge on any atom is -0.495 e. The van der Waals surface area contributed by atoms with E-state index in [1.165, 1.54) is 0 Å². The van der Waals surface area contributed by atoms with Crippen molar-refractivity contribution in [3.05, 3.63) is 48.3 Å². The van der Waals surface area contributed by atoms with Gasteiger partial charge in [-0.3, -0.25) is 9.78 Å². The normalized spacial score (nSPS) is 11.6. The first-order chi connectivity index (χ1) is 10.6. The van der Waals surface area contributed by atoms with Gasteiger partial charge in [0.2, 0.25) is 0 Å². The van der Waals surface area contributed by atoms with E-state index >= 15 is 0 Å². The van der Waals surface area contributed by atoms with Gasteiger partial charge in [-0.05, 0) is 37.6 Å². The fourth-order valence-electron chi connectivity index (χ4n) is 1.97. The number of benzene rings is 1. The third kappa shape index (κ3) is 3.97. The number of rotatable bonds is 6. The number of ether oxygens (including phenoxy) is 1. The molecule has 1 unspecified atom stereocenters. The van der Waals surface area contributed by atoms with Crippen LogP contribution >= 0.6 is 0 Å². The van der Waals surface area contributed by atoms with Crippen LogP contribution in [0.4, 0.5) is 11.4 Å². The van der Waals surface area contributed by atoms with E-state index in [1.807, 2.05) is 18.2 Å². The second-order valence-corrected chi connectivity index (χ2v) is 5.04. The van der Waals surface area contributed by atoms with Crippen molar-refractivity contribution in [2.45, 2.75) is 26.3 Å². The number of methoxy groups -OCH3 is 1. The minimum absolute atomic E-state index is 0.266. The first kappa shape index (κ1) is 15.8. The lowest BCUT2D eigenvalue weighted by molar-refractivity contribution is 0.102.